The first kappa shape index (κ1) is 15.3. The monoisotopic (exact) mass is 321 g/mol. The van der Waals surface area contributed by atoms with E-state index in [9.17, 15) is 0 Å². The summed E-state index contributed by atoms with van der Waals surface area (Å²) in [5, 5.41) is 2.28. The molecule has 1 fully saturated rings. The number of hydrazine groups is 1. The Kier molecular flexibility index (Phi) is 4.04. The first-order valence-corrected chi connectivity index (χ1v) is 8.49. The zero-order chi connectivity index (χ0) is 16.5. The Hall–Kier alpha value is -2.24. The quantitative estimate of drug-likeness (QED) is 0.940. The van der Waals surface area contributed by atoms with Crippen LogP contribution in [0.5, 0.6) is 0 Å². The van der Waals surface area contributed by atoms with E-state index in [0.717, 1.165) is 37.6 Å². The molecule has 4 heterocycles. The summed E-state index contributed by atoms with van der Waals surface area (Å²) in [5.74, 6) is 0. The summed E-state index contributed by atoms with van der Waals surface area (Å²) in [6, 6.07) is 8.55. The Morgan fingerprint density at radius 2 is 2.08 bits per heavy atom. The molecule has 1 unspecified atom stereocenters. The van der Waals surface area contributed by atoms with Gasteiger partial charge in [0.25, 0.3) is 0 Å². The maximum atomic E-state index is 4.56. The molecule has 2 aromatic heterocycles. The molecular weight excluding hydrogens is 298 g/mol. The number of aryl methyl sites for hydroxylation is 2. The number of nitrogens with one attached hydrogen (secondary N) is 1. The molecule has 0 bridgehead atoms. The molecular formula is C19H23N5. The van der Waals surface area contributed by atoms with E-state index in [0.29, 0.717) is 0 Å². The largest absolute Gasteiger partial charge is 0.309 e. The van der Waals surface area contributed by atoms with Crippen molar-refractivity contribution in [1.29, 1.82) is 0 Å². The third-order valence-corrected chi connectivity index (χ3v) is 4.73. The minimum atomic E-state index is 0.179. The Morgan fingerprint density at radius 1 is 1.17 bits per heavy atom. The highest BCUT2D eigenvalue weighted by Gasteiger charge is 2.30. The second-order valence-electron chi connectivity index (χ2n) is 6.66. The number of aromatic nitrogens is 2. The van der Waals surface area contributed by atoms with Crippen molar-refractivity contribution >= 4 is 0 Å². The van der Waals surface area contributed by atoms with Crippen molar-refractivity contribution in [2.45, 2.75) is 26.4 Å². The van der Waals surface area contributed by atoms with Gasteiger partial charge in [-0.15, -0.1) is 0 Å². The molecule has 0 saturated carbocycles. The second-order valence-corrected chi connectivity index (χ2v) is 6.66. The van der Waals surface area contributed by atoms with Gasteiger partial charge in [0, 0.05) is 44.3 Å². The lowest BCUT2D eigenvalue weighted by atomic mass is 10.1. The van der Waals surface area contributed by atoms with E-state index in [1.807, 2.05) is 18.5 Å². The highest BCUT2D eigenvalue weighted by Crippen LogP contribution is 2.27. The van der Waals surface area contributed by atoms with Gasteiger partial charge in [0.1, 0.15) is 0 Å². The van der Waals surface area contributed by atoms with Crippen molar-refractivity contribution in [3.8, 4) is 0 Å². The van der Waals surface area contributed by atoms with E-state index in [4.69, 9.17) is 0 Å². The highest BCUT2D eigenvalue weighted by atomic mass is 15.6. The van der Waals surface area contributed by atoms with Gasteiger partial charge in [-0.05, 0) is 43.2 Å². The van der Waals surface area contributed by atoms with Crippen LogP contribution in [-0.4, -0.2) is 39.5 Å². The summed E-state index contributed by atoms with van der Waals surface area (Å²) >= 11 is 0. The fourth-order valence-corrected chi connectivity index (χ4v) is 3.39. The van der Waals surface area contributed by atoms with Crippen LogP contribution in [0.1, 0.15) is 28.6 Å². The first-order valence-electron chi connectivity index (χ1n) is 8.49. The van der Waals surface area contributed by atoms with Crippen LogP contribution in [-0.2, 0) is 6.54 Å². The van der Waals surface area contributed by atoms with Gasteiger partial charge in [-0.25, -0.2) is 5.43 Å². The summed E-state index contributed by atoms with van der Waals surface area (Å²) in [7, 11) is 0. The Bertz CT molecular complexity index is 753. The van der Waals surface area contributed by atoms with Crippen LogP contribution in [0, 0.1) is 13.8 Å². The van der Waals surface area contributed by atoms with Crippen molar-refractivity contribution in [1.82, 2.24) is 25.3 Å². The Labute approximate surface area is 143 Å². The summed E-state index contributed by atoms with van der Waals surface area (Å²) in [4.78, 5) is 11.5. The molecule has 0 radical (unpaired) electrons. The molecule has 5 nitrogen and oxygen atoms in total. The fraction of sp³-hybridized carbons (Fsp3) is 0.368. The van der Waals surface area contributed by atoms with Crippen LogP contribution in [0.4, 0.5) is 0 Å². The molecule has 124 valence electrons. The van der Waals surface area contributed by atoms with E-state index < -0.39 is 0 Å². The van der Waals surface area contributed by atoms with Gasteiger partial charge >= 0.3 is 0 Å². The van der Waals surface area contributed by atoms with E-state index in [1.165, 1.54) is 16.8 Å². The predicted molar refractivity (Wildman–Crippen MR) is 93.9 cm³/mol. The molecule has 1 atom stereocenters. The molecule has 2 aliphatic heterocycles. The Morgan fingerprint density at radius 3 is 2.88 bits per heavy atom. The SMILES string of the molecule is Cc1ccc(CN2CCN3NC(c4ncccc4C)C=C3C2)nc1. The molecule has 24 heavy (non-hydrogen) atoms. The molecule has 0 aromatic carbocycles. The first-order chi connectivity index (χ1) is 11.7. The van der Waals surface area contributed by atoms with Crippen molar-refractivity contribution in [3.05, 3.63) is 70.9 Å². The summed E-state index contributed by atoms with van der Waals surface area (Å²) in [5.41, 5.74) is 9.61. The van der Waals surface area contributed by atoms with Crippen LogP contribution >= 0.6 is 0 Å². The molecule has 1 saturated heterocycles. The van der Waals surface area contributed by atoms with Gasteiger partial charge < -0.3 is 5.01 Å². The number of hydrogen-bond acceptors (Lipinski definition) is 5. The van der Waals surface area contributed by atoms with Crippen molar-refractivity contribution in [2.24, 2.45) is 0 Å². The molecule has 4 rings (SSSR count). The number of pyridine rings is 2. The van der Waals surface area contributed by atoms with Gasteiger partial charge in [0.2, 0.25) is 0 Å². The number of hydrogen-bond donors (Lipinski definition) is 1. The second kappa shape index (κ2) is 6.34. The van der Waals surface area contributed by atoms with Gasteiger partial charge in [-0.2, -0.15) is 0 Å². The van der Waals surface area contributed by atoms with Crippen molar-refractivity contribution in [2.75, 3.05) is 19.6 Å². The molecule has 2 aliphatic rings. The van der Waals surface area contributed by atoms with Crippen molar-refractivity contribution < 1.29 is 0 Å². The van der Waals surface area contributed by atoms with Gasteiger partial charge in [0.05, 0.1) is 17.4 Å². The summed E-state index contributed by atoms with van der Waals surface area (Å²) in [6.45, 7) is 8.07. The number of fused-ring (bicyclic) bond motifs is 1. The molecule has 5 heteroatoms. The van der Waals surface area contributed by atoms with Crippen LogP contribution in [0.25, 0.3) is 0 Å². The highest BCUT2D eigenvalue weighted by molar-refractivity contribution is 5.29. The van der Waals surface area contributed by atoms with Gasteiger partial charge in [-0.1, -0.05) is 12.1 Å². The van der Waals surface area contributed by atoms with E-state index in [2.05, 4.69) is 63.4 Å². The maximum Gasteiger partial charge on any atom is 0.0887 e. The lowest BCUT2D eigenvalue weighted by molar-refractivity contribution is 0.138. The van der Waals surface area contributed by atoms with Crippen LogP contribution in [0.3, 0.4) is 0 Å². The average molecular weight is 321 g/mol. The van der Waals surface area contributed by atoms with Crippen LogP contribution in [0.15, 0.2) is 48.4 Å². The molecule has 0 amide bonds. The van der Waals surface area contributed by atoms with E-state index in [1.54, 1.807) is 0 Å². The standard InChI is InChI=1S/C19H23N5/c1-14-5-6-16(21-11-14)12-23-8-9-24-17(13-23)10-18(22-24)19-15(2)4-3-7-20-19/h3-7,10-11,18,22H,8-9,12-13H2,1-2H3. The topological polar surface area (TPSA) is 44.3 Å². The summed E-state index contributed by atoms with van der Waals surface area (Å²) < 4.78 is 0. The Balaban J connectivity index is 1.46. The van der Waals surface area contributed by atoms with Crippen LogP contribution < -0.4 is 5.43 Å². The molecule has 0 aliphatic carbocycles. The number of piperazine rings is 1. The van der Waals surface area contributed by atoms with Crippen LogP contribution in [0.2, 0.25) is 0 Å². The van der Waals surface area contributed by atoms with Crippen molar-refractivity contribution in [3.63, 3.8) is 0 Å². The van der Waals surface area contributed by atoms with Gasteiger partial charge in [-0.3, -0.25) is 14.9 Å². The van der Waals surface area contributed by atoms with E-state index >= 15 is 0 Å². The number of rotatable bonds is 3. The smallest absolute Gasteiger partial charge is 0.0887 e. The predicted octanol–water partition coefficient (Wildman–Crippen LogP) is 2.35. The number of nitrogens with zero attached hydrogens (tertiary/aromatic N) is 4. The zero-order valence-electron chi connectivity index (χ0n) is 14.2. The summed E-state index contributed by atoms with van der Waals surface area (Å²) in [6.07, 6.45) is 6.13. The average Bonchev–Trinajstić information content (AvgIpc) is 3.00. The molecule has 2 aromatic rings. The maximum absolute atomic E-state index is 4.56. The fourth-order valence-electron chi connectivity index (χ4n) is 3.39. The lowest BCUT2D eigenvalue weighted by Crippen LogP contribution is -2.47. The third kappa shape index (κ3) is 3.05. The third-order valence-electron chi connectivity index (χ3n) is 4.73. The van der Waals surface area contributed by atoms with Gasteiger partial charge in [0.15, 0.2) is 0 Å². The minimum absolute atomic E-state index is 0.179. The lowest BCUT2D eigenvalue weighted by Gasteiger charge is -2.35. The zero-order valence-corrected chi connectivity index (χ0v) is 14.2. The molecule has 1 N–H and O–H groups in total. The normalized spacial score (nSPS) is 20.8. The molecule has 0 spiro atoms. The van der Waals surface area contributed by atoms with E-state index in [-0.39, 0.29) is 6.04 Å². The minimum Gasteiger partial charge on any atom is -0.309 e.